The van der Waals surface area contributed by atoms with Crippen LogP contribution in [0.15, 0.2) is 18.2 Å². The molecule has 2 fully saturated rings. The maximum atomic E-state index is 6.43. The summed E-state index contributed by atoms with van der Waals surface area (Å²) in [6.07, 6.45) is 5.20. The van der Waals surface area contributed by atoms with Gasteiger partial charge in [-0.2, -0.15) is 0 Å². The lowest BCUT2D eigenvalue weighted by molar-refractivity contribution is 0.105. The van der Waals surface area contributed by atoms with Gasteiger partial charge in [0.2, 0.25) is 0 Å². The van der Waals surface area contributed by atoms with Crippen molar-refractivity contribution in [3.8, 4) is 0 Å². The number of hydrogen-bond acceptors (Lipinski definition) is 2. The maximum Gasteiger partial charge on any atom is 0.0461 e. The number of benzene rings is 1. The van der Waals surface area contributed by atoms with Crippen LogP contribution in [-0.2, 0) is 6.42 Å². The molecule has 1 saturated carbocycles. The number of nitrogens with one attached hydrogen (secondary N) is 1. The van der Waals surface area contributed by atoms with Crippen molar-refractivity contribution < 1.29 is 0 Å². The van der Waals surface area contributed by atoms with Gasteiger partial charge in [0.15, 0.2) is 0 Å². The zero-order valence-electron chi connectivity index (χ0n) is 13.3. The third-order valence-electron chi connectivity index (χ3n) is 6.13. The summed E-state index contributed by atoms with van der Waals surface area (Å²) in [4.78, 5) is 6.32. The molecule has 0 bridgehead atoms. The van der Waals surface area contributed by atoms with Gasteiger partial charge in [-0.1, -0.05) is 12.1 Å². The molecule has 5 rings (SSSR count). The van der Waals surface area contributed by atoms with Gasteiger partial charge in [0.05, 0.1) is 0 Å². The molecule has 2 aliphatic carbocycles. The van der Waals surface area contributed by atoms with Crippen molar-refractivity contribution in [2.45, 2.75) is 50.6 Å². The molecule has 0 spiro atoms. The molecule has 2 aromatic rings. The van der Waals surface area contributed by atoms with E-state index in [1.807, 2.05) is 0 Å². The van der Waals surface area contributed by atoms with E-state index in [2.05, 4.69) is 35.0 Å². The van der Waals surface area contributed by atoms with Gasteiger partial charge in [0.1, 0.15) is 0 Å². The van der Waals surface area contributed by atoms with E-state index < -0.39 is 0 Å². The van der Waals surface area contributed by atoms with Gasteiger partial charge in [0, 0.05) is 47.7 Å². The van der Waals surface area contributed by atoms with Gasteiger partial charge >= 0.3 is 0 Å². The minimum absolute atomic E-state index is 0.330. The smallest absolute Gasteiger partial charge is 0.0461 e. The zero-order chi connectivity index (χ0) is 14.8. The number of nitrogens with two attached hydrogens (primary N) is 1. The Bertz CT molecular complexity index is 726. The van der Waals surface area contributed by atoms with E-state index >= 15 is 0 Å². The number of rotatable bonds is 2. The molecule has 3 heteroatoms. The molecule has 1 aromatic carbocycles. The largest absolute Gasteiger partial charge is 0.358 e. The van der Waals surface area contributed by atoms with E-state index in [1.165, 1.54) is 42.4 Å². The average molecular weight is 295 g/mol. The van der Waals surface area contributed by atoms with E-state index in [0.717, 1.165) is 18.9 Å². The van der Waals surface area contributed by atoms with Crippen LogP contribution in [0.2, 0.25) is 0 Å². The number of aryl methyl sites for hydroxylation is 1. The quantitative estimate of drug-likeness (QED) is 0.895. The minimum Gasteiger partial charge on any atom is -0.358 e. The van der Waals surface area contributed by atoms with E-state index in [9.17, 15) is 0 Å². The summed E-state index contributed by atoms with van der Waals surface area (Å²) in [5, 5.41) is 1.50. The van der Waals surface area contributed by atoms with Crippen LogP contribution in [0.25, 0.3) is 10.9 Å². The number of aromatic amines is 1. The fourth-order valence-electron chi connectivity index (χ4n) is 4.95. The minimum atomic E-state index is 0.330. The predicted molar refractivity (Wildman–Crippen MR) is 90.2 cm³/mol. The maximum absolute atomic E-state index is 6.43. The Kier molecular flexibility index (Phi) is 2.74. The van der Waals surface area contributed by atoms with Crippen molar-refractivity contribution >= 4 is 10.9 Å². The van der Waals surface area contributed by atoms with E-state index in [-0.39, 0.29) is 0 Å². The van der Waals surface area contributed by atoms with Crippen molar-refractivity contribution in [1.29, 1.82) is 0 Å². The zero-order valence-corrected chi connectivity index (χ0v) is 13.3. The Balaban J connectivity index is 1.62. The number of aromatic nitrogens is 1. The summed E-state index contributed by atoms with van der Waals surface area (Å²) in [5.74, 6) is 1.56. The number of hydrogen-bond donors (Lipinski definition) is 2. The predicted octanol–water partition coefficient (Wildman–Crippen LogP) is 2.93. The van der Waals surface area contributed by atoms with E-state index in [4.69, 9.17) is 5.73 Å². The topological polar surface area (TPSA) is 45.1 Å². The Labute approximate surface area is 131 Å². The summed E-state index contributed by atoms with van der Waals surface area (Å²) in [6, 6.07) is 7.78. The molecule has 1 aliphatic heterocycles. The fraction of sp³-hybridized carbons (Fsp3) is 0.579. The third kappa shape index (κ3) is 1.88. The third-order valence-corrected chi connectivity index (χ3v) is 6.13. The molecule has 3 atom stereocenters. The monoisotopic (exact) mass is 295 g/mol. The van der Waals surface area contributed by atoms with Gasteiger partial charge in [0.25, 0.3) is 0 Å². The molecule has 3 nitrogen and oxygen atoms in total. The first kappa shape index (κ1) is 13.1. The Morgan fingerprint density at radius 3 is 3.00 bits per heavy atom. The first-order valence-corrected chi connectivity index (χ1v) is 8.80. The summed E-state index contributed by atoms with van der Waals surface area (Å²) in [7, 11) is 0. The van der Waals surface area contributed by atoms with Crippen LogP contribution in [0.1, 0.15) is 42.0 Å². The van der Waals surface area contributed by atoms with Gasteiger partial charge in [-0.25, -0.2) is 0 Å². The highest BCUT2D eigenvalue weighted by Gasteiger charge is 2.41. The standard InChI is InChI=1S/C19H25N3/c1-11-15-8-18-16(14-3-2-4-17(21-11)19(14)15)7-13(20)10-22(18)9-12-5-6-12/h2-4,12-13,16,18,21H,5-10,20H2,1H3/t13-,16+,18+/m0/s1. The Morgan fingerprint density at radius 1 is 1.32 bits per heavy atom. The second-order valence-corrected chi connectivity index (χ2v) is 7.77. The highest BCUT2D eigenvalue weighted by atomic mass is 15.2. The van der Waals surface area contributed by atoms with Crippen LogP contribution in [0.4, 0.5) is 0 Å². The summed E-state index contributed by atoms with van der Waals surface area (Å²) < 4.78 is 0. The molecule has 0 amide bonds. The van der Waals surface area contributed by atoms with Crippen molar-refractivity contribution in [2.75, 3.05) is 13.1 Å². The van der Waals surface area contributed by atoms with Crippen LogP contribution >= 0.6 is 0 Å². The second-order valence-electron chi connectivity index (χ2n) is 7.77. The SMILES string of the molecule is Cc1[nH]c2cccc3c2c1C[C@@H]1[C@@H]3C[C@H](N)CN1CC1CC1. The first-order chi connectivity index (χ1) is 10.7. The summed E-state index contributed by atoms with van der Waals surface area (Å²) >= 11 is 0. The van der Waals surface area contributed by atoms with E-state index in [1.54, 1.807) is 11.1 Å². The van der Waals surface area contributed by atoms with Gasteiger partial charge < -0.3 is 10.7 Å². The first-order valence-electron chi connectivity index (χ1n) is 8.80. The summed E-state index contributed by atoms with van der Waals surface area (Å²) in [5.41, 5.74) is 12.2. The molecule has 0 unspecified atom stereocenters. The Morgan fingerprint density at radius 2 is 2.18 bits per heavy atom. The van der Waals surface area contributed by atoms with Gasteiger partial charge in [-0.05, 0) is 55.7 Å². The lowest BCUT2D eigenvalue weighted by Crippen LogP contribution is -2.54. The molecule has 1 aromatic heterocycles. The van der Waals surface area contributed by atoms with E-state index in [0.29, 0.717) is 18.0 Å². The molecule has 3 N–H and O–H groups in total. The number of likely N-dealkylation sites (tertiary alicyclic amines) is 1. The summed E-state index contributed by atoms with van der Waals surface area (Å²) in [6.45, 7) is 4.59. The normalized spacial score (nSPS) is 31.5. The van der Waals surface area contributed by atoms with Crippen molar-refractivity contribution in [3.63, 3.8) is 0 Å². The number of fused-ring (bicyclic) bond motifs is 2. The van der Waals surface area contributed by atoms with Crippen molar-refractivity contribution in [1.82, 2.24) is 9.88 Å². The van der Waals surface area contributed by atoms with Crippen LogP contribution in [0.3, 0.4) is 0 Å². The average Bonchev–Trinajstić information content (AvgIpc) is 3.25. The lowest BCUT2D eigenvalue weighted by Gasteiger charge is -2.46. The highest BCUT2D eigenvalue weighted by molar-refractivity contribution is 5.89. The molecule has 0 radical (unpaired) electrons. The van der Waals surface area contributed by atoms with Crippen LogP contribution in [-0.4, -0.2) is 35.1 Å². The van der Waals surface area contributed by atoms with Crippen LogP contribution in [0, 0.1) is 12.8 Å². The fourth-order valence-corrected chi connectivity index (χ4v) is 4.95. The number of piperidine rings is 1. The highest BCUT2D eigenvalue weighted by Crippen LogP contribution is 2.45. The van der Waals surface area contributed by atoms with Crippen LogP contribution in [0.5, 0.6) is 0 Å². The molecule has 3 aliphatic rings. The molecule has 1 saturated heterocycles. The number of nitrogens with zero attached hydrogens (tertiary/aromatic N) is 1. The van der Waals surface area contributed by atoms with Gasteiger partial charge in [-0.3, -0.25) is 4.90 Å². The van der Waals surface area contributed by atoms with Crippen molar-refractivity contribution in [2.24, 2.45) is 11.7 Å². The second kappa shape index (κ2) is 4.59. The van der Waals surface area contributed by atoms with Gasteiger partial charge in [-0.15, -0.1) is 0 Å². The number of H-pyrrole nitrogens is 1. The van der Waals surface area contributed by atoms with Crippen molar-refractivity contribution in [3.05, 3.63) is 35.0 Å². The molecular formula is C19H25N3. The molecule has 116 valence electrons. The molecular weight excluding hydrogens is 270 g/mol. The lowest BCUT2D eigenvalue weighted by atomic mass is 9.73. The molecule has 2 heterocycles. The molecule has 22 heavy (non-hydrogen) atoms. The van der Waals surface area contributed by atoms with Crippen LogP contribution < -0.4 is 5.73 Å². The Hall–Kier alpha value is -1.32.